The minimum Gasteiger partial charge on any atom is -0.334 e. The highest BCUT2D eigenvalue weighted by atomic mass is 32.2. The number of thioether (sulfide) groups is 1. The maximum atomic E-state index is 12.3. The lowest BCUT2D eigenvalue weighted by Crippen LogP contribution is -2.48. The van der Waals surface area contributed by atoms with Gasteiger partial charge in [0.25, 0.3) is 5.56 Å². The third kappa shape index (κ3) is 4.06. The normalized spacial score (nSPS) is 18.6. The molecule has 1 atom stereocenters. The molecule has 1 fully saturated rings. The third-order valence-electron chi connectivity index (χ3n) is 4.03. The average molecular weight is 323 g/mol. The number of amides is 2. The van der Waals surface area contributed by atoms with Crippen LogP contribution in [0.25, 0.3) is 0 Å². The Morgan fingerprint density at radius 2 is 2.23 bits per heavy atom. The number of nitrogens with zero attached hydrogens (tertiary/aromatic N) is 1. The first-order chi connectivity index (χ1) is 10.4. The molecule has 1 aliphatic heterocycles. The molecule has 6 heteroatoms. The zero-order chi connectivity index (χ0) is 16.3. The highest BCUT2D eigenvalue weighted by molar-refractivity contribution is 8.00. The van der Waals surface area contributed by atoms with Crippen LogP contribution in [0, 0.1) is 19.8 Å². The number of rotatable bonds is 3. The van der Waals surface area contributed by atoms with E-state index in [1.165, 1.54) is 0 Å². The largest absolute Gasteiger partial charge is 0.334 e. The van der Waals surface area contributed by atoms with Gasteiger partial charge < -0.3 is 15.2 Å². The van der Waals surface area contributed by atoms with Gasteiger partial charge >= 0.3 is 6.03 Å². The van der Waals surface area contributed by atoms with Crippen LogP contribution in [0.15, 0.2) is 10.9 Å². The summed E-state index contributed by atoms with van der Waals surface area (Å²) in [4.78, 5) is 28.9. The summed E-state index contributed by atoms with van der Waals surface area (Å²) in [6, 6.07) is 1.85. The van der Waals surface area contributed by atoms with Crippen LogP contribution in [0.2, 0.25) is 0 Å². The number of urea groups is 1. The predicted molar refractivity (Wildman–Crippen MR) is 91.4 cm³/mol. The molecule has 2 heterocycles. The summed E-state index contributed by atoms with van der Waals surface area (Å²) in [5.41, 5.74) is 2.26. The smallest absolute Gasteiger partial charge is 0.317 e. The maximum absolute atomic E-state index is 12.3. The van der Waals surface area contributed by atoms with Crippen molar-refractivity contribution in [2.75, 3.05) is 18.8 Å². The fraction of sp³-hybridized carbons (Fsp3) is 0.625. The van der Waals surface area contributed by atoms with Crippen molar-refractivity contribution in [2.45, 2.75) is 39.5 Å². The summed E-state index contributed by atoms with van der Waals surface area (Å²) >= 11 is 1.94. The van der Waals surface area contributed by atoms with Crippen LogP contribution in [0.1, 0.15) is 30.7 Å². The van der Waals surface area contributed by atoms with Crippen LogP contribution in [0.4, 0.5) is 4.79 Å². The standard InChI is InChI=1S/C16H25N3O2S/c1-10(2)14-9-19(5-6-22-14)16(21)17-8-13-11(3)7-12(4)18-15(13)20/h7,10,14H,5-6,8-9H2,1-4H3,(H,17,21)(H,18,20)/t14-/m0/s1. The molecule has 1 aliphatic rings. The van der Waals surface area contributed by atoms with Gasteiger partial charge in [0.1, 0.15) is 0 Å². The molecule has 0 spiro atoms. The predicted octanol–water partition coefficient (Wildman–Crippen LogP) is 2.27. The van der Waals surface area contributed by atoms with Gasteiger partial charge in [0.2, 0.25) is 0 Å². The Hall–Kier alpha value is -1.43. The van der Waals surface area contributed by atoms with E-state index in [2.05, 4.69) is 24.1 Å². The first kappa shape index (κ1) is 16.9. The lowest BCUT2D eigenvalue weighted by atomic mass is 10.1. The van der Waals surface area contributed by atoms with Crippen LogP contribution in [0.3, 0.4) is 0 Å². The van der Waals surface area contributed by atoms with E-state index >= 15 is 0 Å². The Balaban J connectivity index is 1.97. The van der Waals surface area contributed by atoms with Gasteiger partial charge in [0.05, 0.1) is 6.54 Å². The highest BCUT2D eigenvalue weighted by Gasteiger charge is 2.26. The van der Waals surface area contributed by atoms with Crippen LogP contribution in [0.5, 0.6) is 0 Å². The van der Waals surface area contributed by atoms with Gasteiger partial charge in [-0.05, 0) is 31.4 Å². The molecule has 0 aromatic carbocycles. The lowest BCUT2D eigenvalue weighted by Gasteiger charge is -2.34. The summed E-state index contributed by atoms with van der Waals surface area (Å²) in [6.07, 6.45) is 0. The molecule has 2 amide bonds. The maximum Gasteiger partial charge on any atom is 0.317 e. The van der Waals surface area contributed by atoms with Crippen LogP contribution in [-0.4, -0.2) is 40.0 Å². The number of pyridine rings is 1. The van der Waals surface area contributed by atoms with E-state index in [1.54, 1.807) is 0 Å². The van der Waals surface area contributed by atoms with Crippen molar-refractivity contribution in [1.82, 2.24) is 15.2 Å². The van der Waals surface area contributed by atoms with Crippen molar-refractivity contribution in [3.63, 3.8) is 0 Å². The molecule has 0 unspecified atom stereocenters. The number of aromatic nitrogens is 1. The number of hydrogen-bond donors (Lipinski definition) is 2. The van der Waals surface area contributed by atoms with E-state index < -0.39 is 0 Å². The van der Waals surface area contributed by atoms with Crippen molar-refractivity contribution in [3.8, 4) is 0 Å². The van der Waals surface area contributed by atoms with Gasteiger partial charge in [-0.1, -0.05) is 13.8 Å². The van der Waals surface area contributed by atoms with Gasteiger partial charge in [0, 0.05) is 35.3 Å². The van der Waals surface area contributed by atoms with Gasteiger partial charge in [-0.15, -0.1) is 0 Å². The van der Waals surface area contributed by atoms with Crippen LogP contribution in [-0.2, 0) is 6.54 Å². The number of nitrogens with one attached hydrogen (secondary N) is 2. The Bertz CT molecular complexity index is 598. The first-order valence-electron chi connectivity index (χ1n) is 7.72. The molecule has 2 rings (SSSR count). The third-order valence-corrected chi connectivity index (χ3v) is 5.57. The molecule has 0 aliphatic carbocycles. The van der Waals surface area contributed by atoms with Gasteiger partial charge in [-0.3, -0.25) is 4.79 Å². The number of H-pyrrole nitrogens is 1. The molecule has 0 saturated carbocycles. The number of aromatic amines is 1. The molecule has 1 aromatic heterocycles. The lowest BCUT2D eigenvalue weighted by molar-refractivity contribution is 0.196. The van der Waals surface area contributed by atoms with E-state index in [9.17, 15) is 9.59 Å². The summed E-state index contributed by atoms with van der Waals surface area (Å²) in [5.74, 6) is 1.53. The molecule has 122 valence electrons. The van der Waals surface area contributed by atoms with E-state index in [1.807, 2.05) is 36.6 Å². The van der Waals surface area contributed by atoms with Crippen molar-refractivity contribution in [1.29, 1.82) is 0 Å². The molecule has 22 heavy (non-hydrogen) atoms. The van der Waals surface area contributed by atoms with Crippen LogP contribution >= 0.6 is 11.8 Å². The zero-order valence-electron chi connectivity index (χ0n) is 13.7. The zero-order valence-corrected chi connectivity index (χ0v) is 14.5. The average Bonchev–Trinajstić information content (AvgIpc) is 2.46. The van der Waals surface area contributed by atoms with Crippen molar-refractivity contribution in [3.05, 3.63) is 33.2 Å². The van der Waals surface area contributed by atoms with Gasteiger partial charge in [-0.2, -0.15) is 11.8 Å². The first-order valence-corrected chi connectivity index (χ1v) is 8.77. The Morgan fingerprint density at radius 1 is 1.50 bits per heavy atom. The summed E-state index contributed by atoms with van der Waals surface area (Å²) in [6.45, 7) is 9.95. The summed E-state index contributed by atoms with van der Waals surface area (Å²) in [7, 11) is 0. The topological polar surface area (TPSA) is 65.2 Å². The van der Waals surface area contributed by atoms with Crippen LogP contribution < -0.4 is 10.9 Å². The summed E-state index contributed by atoms with van der Waals surface area (Å²) in [5, 5.41) is 3.38. The molecule has 5 nitrogen and oxygen atoms in total. The van der Waals surface area contributed by atoms with Crippen molar-refractivity contribution >= 4 is 17.8 Å². The fourth-order valence-electron chi connectivity index (χ4n) is 2.64. The molecule has 1 saturated heterocycles. The molecular formula is C16H25N3O2S. The number of aryl methyl sites for hydroxylation is 2. The Morgan fingerprint density at radius 3 is 2.86 bits per heavy atom. The monoisotopic (exact) mass is 323 g/mol. The second kappa shape index (κ2) is 7.22. The number of hydrogen-bond acceptors (Lipinski definition) is 3. The molecule has 0 bridgehead atoms. The summed E-state index contributed by atoms with van der Waals surface area (Å²) < 4.78 is 0. The number of carbonyl (C=O) groups is 1. The van der Waals surface area contributed by atoms with Gasteiger partial charge in [-0.25, -0.2) is 4.79 Å². The van der Waals surface area contributed by atoms with E-state index in [-0.39, 0.29) is 18.1 Å². The van der Waals surface area contributed by atoms with Crippen molar-refractivity contribution < 1.29 is 4.79 Å². The molecule has 0 radical (unpaired) electrons. The van der Waals surface area contributed by atoms with E-state index in [0.717, 1.165) is 30.1 Å². The molecule has 1 aromatic rings. The second-order valence-electron chi connectivity index (χ2n) is 6.20. The number of carbonyl (C=O) groups excluding carboxylic acids is 1. The Kier molecular flexibility index (Phi) is 5.56. The SMILES string of the molecule is Cc1cc(C)c(CNC(=O)N2CCS[C@H](C(C)C)C2)c(=O)[nH]1. The Labute approximate surface area is 135 Å². The highest BCUT2D eigenvalue weighted by Crippen LogP contribution is 2.24. The fourth-order valence-corrected chi connectivity index (χ4v) is 3.94. The van der Waals surface area contributed by atoms with E-state index in [0.29, 0.717) is 16.7 Å². The second-order valence-corrected chi connectivity index (χ2v) is 7.55. The quantitative estimate of drug-likeness (QED) is 0.897. The van der Waals surface area contributed by atoms with Crippen molar-refractivity contribution in [2.24, 2.45) is 5.92 Å². The minimum absolute atomic E-state index is 0.0784. The minimum atomic E-state index is -0.118. The van der Waals surface area contributed by atoms with E-state index in [4.69, 9.17) is 0 Å². The van der Waals surface area contributed by atoms with Gasteiger partial charge in [0.15, 0.2) is 0 Å². The molecule has 2 N–H and O–H groups in total. The molecular weight excluding hydrogens is 298 g/mol.